The molecule has 0 spiro atoms. The van der Waals surface area contributed by atoms with Gasteiger partial charge in [0.05, 0.1) is 0 Å². The van der Waals surface area contributed by atoms with Gasteiger partial charge in [0.15, 0.2) is 0 Å². The molecule has 22 heavy (non-hydrogen) atoms. The van der Waals surface area contributed by atoms with Gasteiger partial charge in [0.25, 0.3) is 0 Å². The largest absolute Gasteiger partial charge is 0.324 e. The van der Waals surface area contributed by atoms with Crippen LogP contribution in [0.15, 0.2) is 11.6 Å². The van der Waals surface area contributed by atoms with Crippen LogP contribution in [0.25, 0.3) is 0 Å². The number of hydrogen-bond donors (Lipinski definition) is 1. The molecule has 0 heterocycles. The average molecular weight is 304 g/mol. The van der Waals surface area contributed by atoms with E-state index in [1.165, 1.54) is 57.8 Å². The summed E-state index contributed by atoms with van der Waals surface area (Å²) in [5.74, 6) is 5.30. The standard InChI is InChI=1S/C21H37N/c1-14-4-7-17(8-5-14)18-9-11-19(12-10-18)20-13-6-15(2)16(3)21(20)22/h13-19,21H,4-12,22H2,1-3H3/t14?,15?,16-,17?,18?,19?,21?/m0/s1. The molecule has 2 fully saturated rings. The average Bonchev–Trinajstić information content (AvgIpc) is 2.54. The number of hydrogen-bond acceptors (Lipinski definition) is 1. The van der Waals surface area contributed by atoms with E-state index >= 15 is 0 Å². The molecule has 1 nitrogen and oxygen atoms in total. The molecular formula is C21H37N. The molecular weight excluding hydrogens is 266 g/mol. The molecule has 3 aliphatic rings. The number of rotatable bonds is 2. The van der Waals surface area contributed by atoms with Crippen molar-refractivity contribution < 1.29 is 0 Å². The summed E-state index contributed by atoms with van der Waals surface area (Å²) >= 11 is 0. The van der Waals surface area contributed by atoms with Crippen LogP contribution >= 0.6 is 0 Å². The van der Waals surface area contributed by atoms with Gasteiger partial charge in [-0.1, -0.05) is 45.3 Å². The molecule has 126 valence electrons. The van der Waals surface area contributed by atoms with Gasteiger partial charge in [-0.3, -0.25) is 0 Å². The predicted molar refractivity (Wildman–Crippen MR) is 95.6 cm³/mol. The van der Waals surface area contributed by atoms with E-state index in [2.05, 4.69) is 26.8 Å². The van der Waals surface area contributed by atoms with Crippen molar-refractivity contribution in [3.63, 3.8) is 0 Å². The lowest BCUT2D eigenvalue weighted by molar-refractivity contribution is 0.153. The maximum atomic E-state index is 6.57. The molecule has 0 aromatic carbocycles. The van der Waals surface area contributed by atoms with Crippen LogP contribution in [0.2, 0.25) is 0 Å². The summed E-state index contributed by atoms with van der Waals surface area (Å²) in [6.45, 7) is 7.15. The Morgan fingerprint density at radius 1 is 0.818 bits per heavy atom. The highest BCUT2D eigenvalue weighted by molar-refractivity contribution is 5.19. The first-order valence-electron chi connectivity index (χ1n) is 10.0. The molecule has 0 bridgehead atoms. The molecule has 0 saturated heterocycles. The zero-order valence-electron chi connectivity index (χ0n) is 15.1. The summed E-state index contributed by atoms with van der Waals surface area (Å²) in [7, 11) is 0. The van der Waals surface area contributed by atoms with E-state index in [-0.39, 0.29) is 0 Å². The first kappa shape index (κ1) is 16.6. The van der Waals surface area contributed by atoms with Crippen molar-refractivity contribution in [1.82, 2.24) is 0 Å². The third-order valence-electron chi connectivity index (χ3n) is 7.54. The SMILES string of the molecule is CC1CCC(C2CCC(C3=CCC(C)[C@H](C)C3N)CC2)CC1. The predicted octanol–water partition coefficient (Wildman–Crippen LogP) is 5.55. The van der Waals surface area contributed by atoms with Gasteiger partial charge in [-0.05, 0) is 80.5 Å². The summed E-state index contributed by atoms with van der Waals surface area (Å²) < 4.78 is 0. The van der Waals surface area contributed by atoms with Crippen molar-refractivity contribution >= 4 is 0 Å². The minimum absolute atomic E-state index is 0.334. The molecule has 3 aliphatic carbocycles. The Hall–Kier alpha value is -0.300. The smallest absolute Gasteiger partial charge is 0.0285 e. The quantitative estimate of drug-likeness (QED) is 0.665. The Labute approximate surface area is 138 Å². The van der Waals surface area contributed by atoms with Crippen LogP contribution in [-0.2, 0) is 0 Å². The van der Waals surface area contributed by atoms with Crippen LogP contribution in [0.5, 0.6) is 0 Å². The highest BCUT2D eigenvalue weighted by Gasteiger charge is 2.35. The molecule has 1 heteroatoms. The minimum Gasteiger partial charge on any atom is -0.324 e. The Morgan fingerprint density at radius 3 is 1.95 bits per heavy atom. The lowest BCUT2D eigenvalue weighted by atomic mass is 9.66. The second-order valence-corrected chi connectivity index (χ2v) is 8.93. The van der Waals surface area contributed by atoms with E-state index in [4.69, 9.17) is 5.73 Å². The molecule has 0 amide bonds. The summed E-state index contributed by atoms with van der Waals surface area (Å²) in [5, 5.41) is 0. The Bertz CT molecular complexity index is 383. The third-order valence-corrected chi connectivity index (χ3v) is 7.54. The summed E-state index contributed by atoms with van der Waals surface area (Å²) in [4.78, 5) is 0. The maximum Gasteiger partial charge on any atom is 0.0285 e. The molecule has 2 saturated carbocycles. The van der Waals surface area contributed by atoms with Gasteiger partial charge >= 0.3 is 0 Å². The van der Waals surface area contributed by atoms with Crippen LogP contribution in [0.3, 0.4) is 0 Å². The highest BCUT2D eigenvalue weighted by atomic mass is 14.7. The van der Waals surface area contributed by atoms with Crippen molar-refractivity contribution in [2.24, 2.45) is 41.2 Å². The van der Waals surface area contributed by atoms with Gasteiger partial charge < -0.3 is 5.73 Å². The lowest BCUT2D eigenvalue weighted by Crippen LogP contribution is -2.40. The normalized spacial score (nSPS) is 47.1. The van der Waals surface area contributed by atoms with Crippen LogP contribution < -0.4 is 5.73 Å². The fourth-order valence-corrected chi connectivity index (χ4v) is 5.45. The van der Waals surface area contributed by atoms with Crippen LogP contribution in [-0.4, -0.2) is 6.04 Å². The van der Waals surface area contributed by atoms with Crippen molar-refractivity contribution in [3.8, 4) is 0 Å². The third kappa shape index (κ3) is 3.45. The molecule has 0 aromatic heterocycles. The maximum absolute atomic E-state index is 6.57. The monoisotopic (exact) mass is 303 g/mol. The van der Waals surface area contributed by atoms with Gasteiger partial charge in [0, 0.05) is 6.04 Å². The van der Waals surface area contributed by atoms with E-state index in [0.29, 0.717) is 12.0 Å². The van der Waals surface area contributed by atoms with E-state index in [0.717, 1.165) is 29.6 Å². The minimum atomic E-state index is 0.334. The van der Waals surface area contributed by atoms with Crippen LogP contribution in [0.4, 0.5) is 0 Å². The Balaban J connectivity index is 1.53. The fraction of sp³-hybridized carbons (Fsp3) is 0.905. The van der Waals surface area contributed by atoms with Crippen molar-refractivity contribution in [3.05, 3.63) is 11.6 Å². The molecule has 3 rings (SSSR count). The highest BCUT2D eigenvalue weighted by Crippen LogP contribution is 2.44. The molecule has 0 aromatic rings. The van der Waals surface area contributed by atoms with Crippen molar-refractivity contribution in [1.29, 1.82) is 0 Å². The molecule has 0 aliphatic heterocycles. The van der Waals surface area contributed by atoms with Gasteiger partial charge in [-0.2, -0.15) is 0 Å². The van der Waals surface area contributed by atoms with Crippen molar-refractivity contribution in [2.45, 2.75) is 84.6 Å². The number of allylic oxidation sites excluding steroid dienone is 1. The van der Waals surface area contributed by atoms with Gasteiger partial charge in [-0.15, -0.1) is 0 Å². The molecule has 2 unspecified atom stereocenters. The number of nitrogens with two attached hydrogens (primary N) is 1. The van der Waals surface area contributed by atoms with E-state index in [9.17, 15) is 0 Å². The van der Waals surface area contributed by atoms with E-state index in [1.54, 1.807) is 5.57 Å². The zero-order valence-corrected chi connectivity index (χ0v) is 15.1. The second-order valence-electron chi connectivity index (χ2n) is 8.93. The van der Waals surface area contributed by atoms with Gasteiger partial charge in [-0.25, -0.2) is 0 Å². The van der Waals surface area contributed by atoms with Gasteiger partial charge in [0.1, 0.15) is 0 Å². The van der Waals surface area contributed by atoms with Crippen molar-refractivity contribution in [2.75, 3.05) is 0 Å². The van der Waals surface area contributed by atoms with Crippen LogP contribution in [0, 0.1) is 35.5 Å². The first-order valence-corrected chi connectivity index (χ1v) is 10.0. The molecule has 3 atom stereocenters. The fourth-order valence-electron chi connectivity index (χ4n) is 5.45. The lowest BCUT2D eigenvalue weighted by Gasteiger charge is -2.41. The van der Waals surface area contributed by atoms with Crippen LogP contribution in [0.1, 0.15) is 78.6 Å². The second kappa shape index (κ2) is 7.07. The molecule has 0 radical (unpaired) electrons. The van der Waals surface area contributed by atoms with E-state index < -0.39 is 0 Å². The topological polar surface area (TPSA) is 26.0 Å². The Morgan fingerprint density at radius 2 is 1.36 bits per heavy atom. The summed E-state index contributed by atoms with van der Waals surface area (Å²) in [6, 6.07) is 0.334. The summed E-state index contributed by atoms with van der Waals surface area (Å²) in [6.07, 6.45) is 15.5. The summed E-state index contributed by atoms with van der Waals surface area (Å²) in [5.41, 5.74) is 8.19. The molecule has 2 N–H and O–H groups in total. The zero-order chi connectivity index (χ0) is 15.7. The Kier molecular flexibility index (Phi) is 5.32. The van der Waals surface area contributed by atoms with E-state index in [1.807, 2.05) is 0 Å². The van der Waals surface area contributed by atoms with Gasteiger partial charge in [0.2, 0.25) is 0 Å². The first-order chi connectivity index (χ1) is 10.6.